The van der Waals surface area contributed by atoms with Gasteiger partial charge in [0.15, 0.2) is 5.78 Å². The van der Waals surface area contributed by atoms with Crippen molar-refractivity contribution in [2.45, 2.75) is 59.0 Å². The highest BCUT2D eigenvalue weighted by atomic mass is 16.5. The molecular formula is C26H32O3. The lowest BCUT2D eigenvalue weighted by Crippen LogP contribution is -2.36. The average Bonchev–Trinajstić information content (AvgIpc) is 2.73. The van der Waals surface area contributed by atoms with E-state index in [1.54, 1.807) is 6.07 Å². The maximum atomic E-state index is 12.9. The molecule has 4 atom stereocenters. The van der Waals surface area contributed by atoms with Crippen LogP contribution in [0.25, 0.3) is 0 Å². The maximum absolute atomic E-state index is 12.9. The molecule has 2 aromatic rings. The monoisotopic (exact) mass is 392 g/mol. The molecule has 0 amide bonds. The highest BCUT2D eigenvalue weighted by Gasteiger charge is 2.34. The topological polar surface area (TPSA) is 43.4 Å². The second-order valence-electron chi connectivity index (χ2n) is 8.84. The van der Waals surface area contributed by atoms with Crippen LogP contribution in [0.5, 0.6) is 0 Å². The van der Waals surface area contributed by atoms with Gasteiger partial charge in [-0.15, -0.1) is 0 Å². The van der Waals surface area contributed by atoms with Gasteiger partial charge in [0.2, 0.25) is 0 Å². The molecule has 1 saturated carbocycles. The molecule has 154 valence electrons. The Labute approximate surface area is 174 Å². The molecule has 0 spiro atoms. The second kappa shape index (κ2) is 9.39. The Hall–Kier alpha value is -2.42. The number of esters is 1. The number of carbonyl (C=O) groups is 2. The first-order valence-corrected chi connectivity index (χ1v) is 10.8. The Morgan fingerprint density at radius 3 is 2.31 bits per heavy atom. The van der Waals surface area contributed by atoms with Gasteiger partial charge in [-0.3, -0.25) is 9.59 Å². The summed E-state index contributed by atoms with van der Waals surface area (Å²) in [4.78, 5) is 25.7. The number of ketones is 1. The lowest BCUT2D eigenvalue weighted by Gasteiger charge is -2.37. The molecule has 1 unspecified atom stereocenters. The van der Waals surface area contributed by atoms with Crippen molar-refractivity contribution in [3.05, 3.63) is 71.3 Å². The molecule has 2 aromatic carbocycles. The van der Waals surface area contributed by atoms with Crippen molar-refractivity contribution in [2.24, 2.45) is 17.8 Å². The predicted octanol–water partition coefficient (Wildman–Crippen LogP) is 6.03. The van der Waals surface area contributed by atoms with Gasteiger partial charge in [-0.2, -0.15) is 0 Å². The number of rotatable bonds is 6. The molecule has 3 rings (SSSR count). The number of hydrogen-bond acceptors (Lipinski definition) is 3. The molecule has 0 N–H and O–H groups in total. The zero-order valence-corrected chi connectivity index (χ0v) is 17.9. The van der Waals surface area contributed by atoms with Gasteiger partial charge in [0.05, 0.1) is 5.92 Å². The van der Waals surface area contributed by atoms with Crippen molar-refractivity contribution in [1.29, 1.82) is 0 Å². The van der Waals surface area contributed by atoms with E-state index in [9.17, 15) is 9.59 Å². The third kappa shape index (κ3) is 5.14. The fraction of sp³-hybridized carbons (Fsp3) is 0.462. The lowest BCUT2D eigenvalue weighted by atomic mass is 9.75. The predicted molar refractivity (Wildman–Crippen MR) is 116 cm³/mol. The van der Waals surface area contributed by atoms with Crippen LogP contribution in [0, 0.1) is 17.8 Å². The minimum Gasteiger partial charge on any atom is -0.462 e. The molecule has 3 heteroatoms. The van der Waals surface area contributed by atoms with Crippen LogP contribution < -0.4 is 0 Å². The summed E-state index contributed by atoms with van der Waals surface area (Å²) in [7, 11) is 0. The average molecular weight is 393 g/mol. The smallest absolute Gasteiger partial charge is 0.313 e. The lowest BCUT2D eigenvalue weighted by molar-refractivity contribution is -0.157. The van der Waals surface area contributed by atoms with E-state index in [1.807, 2.05) is 55.5 Å². The highest BCUT2D eigenvalue weighted by Crippen LogP contribution is 2.36. The summed E-state index contributed by atoms with van der Waals surface area (Å²) in [6, 6.07) is 16.6. The summed E-state index contributed by atoms with van der Waals surface area (Å²) in [5.41, 5.74) is 2.07. The molecule has 29 heavy (non-hydrogen) atoms. The highest BCUT2D eigenvalue weighted by molar-refractivity contribution is 6.09. The van der Waals surface area contributed by atoms with E-state index in [1.165, 1.54) is 6.42 Å². The van der Waals surface area contributed by atoms with Crippen LogP contribution in [0.1, 0.15) is 74.4 Å². The molecule has 0 radical (unpaired) electrons. The van der Waals surface area contributed by atoms with Crippen LogP contribution in [0.3, 0.4) is 0 Å². The summed E-state index contributed by atoms with van der Waals surface area (Å²) in [5.74, 6) is 0.886. The molecule has 0 aromatic heterocycles. The summed E-state index contributed by atoms with van der Waals surface area (Å²) >= 11 is 0. The van der Waals surface area contributed by atoms with E-state index in [0.29, 0.717) is 28.9 Å². The number of hydrogen-bond donors (Lipinski definition) is 0. The van der Waals surface area contributed by atoms with Crippen LogP contribution in [-0.4, -0.2) is 17.9 Å². The minimum atomic E-state index is -0.399. The van der Waals surface area contributed by atoms with E-state index in [-0.39, 0.29) is 17.9 Å². The van der Waals surface area contributed by atoms with Gasteiger partial charge in [0, 0.05) is 11.1 Å². The Morgan fingerprint density at radius 1 is 0.931 bits per heavy atom. The number of ether oxygens (including phenoxy) is 1. The first-order chi connectivity index (χ1) is 13.9. The largest absolute Gasteiger partial charge is 0.462 e. The summed E-state index contributed by atoms with van der Waals surface area (Å²) in [6.07, 6.45) is 3.25. The molecule has 1 aliphatic carbocycles. The van der Waals surface area contributed by atoms with Crippen molar-refractivity contribution in [3.8, 4) is 0 Å². The van der Waals surface area contributed by atoms with Gasteiger partial charge in [0.1, 0.15) is 6.10 Å². The zero-order valence-electron chi connectivity index (χ0n) is 17.9. The fourth-order valence-electron chi connectivity index (χ4n) is 4.34. The van der Waals surface area contributed by atoms with Crippen molar-refractivity contribution in [3.63, 3.8) is 0 Å². The molecule has 1 aliphatic rings. The van der Waals surface area contributed by atoms with Crippen molar-refractivity contribution in [2.75, 3.05) is 0 Å². The van der Waals surface area contributed by atoms with Crippen LogP contribution in [0.4, 0.5) is 0 Å². The maximum Gasteiger partial charge on any atom is 0.313 e. The summed E-state index contributed by atoms with van der Waals surface area (Å²) < 4.78 is 6.01. The Kier molecular flexibility index (Phi) is 6.89. The van der Waals surface area contributed by atoms with E-state index in [4.69, 9.17) is 4.74 Å². The van der Waals surface area contributed by atoms with Crippen molar-refractivity contribution >= 4 is 11.8 Å². The molecule has 0 saturated heterocycles. The van der Waals surface area contributed by atoms with Crippen LogP contribution in [0.15, 0.2) is 54.6 Å². The van der Waals surface area contributed by atoms with Gasteiger partial charge in [-0.25, -0.2) is 0 Å². The number of carbonyl (C=O) groups excluding carboxylic acids is 2. The van der Waals surface area contributed by atoms with Gasteiger partial charge < -0.3 is 4.74 Å². The SMILES string of the molecule is CC(C(=O)O[C@@H]1C[C@H](C)CC[C@H]1C(C)C)c1cccc(C(=O)c2ccccc2)c1. The summed E-state index contributed by atoms with van der Waals surface area (Å²) in [5, 5.41) is 0. The fourth-order valence-corrected chi connectivity index (χ4v) is 4.34. The normalized spacial score (nSPS) is 22.9. The van der Waals surface area contributed by atoms with Gasteiger partial charge in [-0.1, -0.05) is 75.7 Å². The zero-order chi connectivity index (χ0) is 21.0. The van der Waals surface area contributed by atoms with E-state index >= 15 is 0 Å². The number of benzene rings is 2. The molecule has 3 nitrogen and oxygen atoms in total. The van der Waals surface area contributed by atoms with Crippen molar-refractivity contribution < 1.29 is 14.3 Å². The third-order valence-electron chi connectivity index (χ3n) is 6.27. The molecular weight excluding hydrogens is 360 g/mol. The summed E-state index contributed by atoms with van der Waals surface area (Å²) in [6.45, 7) is 8.53. The molecule has 0 bridgehead atoms. The Morgan fingerprint density at radius 2 is 1.62 bits per heavy atom. The van der Waals surface area contributed by atoms with Crippen LogP contribution in [-0.2, 0) is 9.53 Å². The minimum absolute atomic E-state index is 0.0113. The Bertz CT molecular complexity index is 840. The van der Waals surface area contributed by atoms with Gasteiger partial charge >= 0.3 is 5.97 Å². The first kappa shape index (κ1) is 21.3. The molecule has 0 aliphatic heterocycles. The standard InChI is InChI=1S/C26H32O3/c1-17(2)23-14-13-18(3)15-24(23)29-26(28)19(4)21-11-8-12-22(16-21)25(27)20-9-6-5-7-10-20/h5-12,16-19,23-24H,13-15H2,1-4H3/t18-,19?,23+,24-/m1/s1. The van der Waals surface area contributed by atoms with Crippen LogP contribution in [0.2, 0.25) is 0 Å². The van der Waals surface area contributed by atoms with Gasteiger partial charge in [0.25, 0.3) is 0 Å². The Balaban J connectivity index is 1.73. The van der Waals surface area contributed by atoms with Gasteiger partial charge in [-0.05, 0) is 49.1 Å². The van der Waals surface area contributed by atoms with Crippen LogP contribution >= 0.6 is 0 Å². The molecule has 1 fully saturated rings. The van der Waals surface area contributed by atoms with E-state index in [2.05, 4.69) is 20.8 Å². The second-order valence-corrected chi connectivity index (χ2v) is 8.84. The van der Waals surface area contributed by atoms with E-state index in [0.717, 1.165) is 18.4 Å². The van der Waals surface area contributed by atoms with Crippen molar-refractivity contribution in [1.82, 2.24) is 0 Å². The third-order valence-corrected chi connectivity index (χ3v) is 6.27. The first-order valence-electron chi connectivity index (χ1n) is 10.8. The quantitative estimate of drug-likeness (QED) is 0.446. The molecule has 0 heterocycles. The van der Waals surface area contributed by atoms with E-state index < -0.39 is 5.92 Å².